The number of morpholine rings is 1. The first-order valence-corrected chi connectivity index (χ1v) is 10.0. The summed E-state index contributed by atoms with van der Waals surface area (Å²) in [6.07, 6.45) is 6.35. The fourth-order valence-electron chi connectivity index (χ4n) is 4.13. The van der Waals surface area contributed by atoms with Gasteiger partial charge >= 0.3 is 6.09 Å². The molecule has 2 fully saturated rings. The minimum atomic E-state index is -0.324. The van der Waals surface area contributed by atoms with Crippen LogP contribution in [-0.2, 0) is 22.3 Å². The fourth-order valence-corrected chi connectivity index (χ4v) is 4.13. The van der Waals surface area contributed by atoms with E-state index >= 15 is 0 Å². The Labute approximate surface area is 158 Å². The first-order valence-electron chi connectivity index (χ1n) is 10.0. The molecule has 2 aliphatic heterocycles. The quantitative estimate of drug-likeness (QED) is 0.801. The maximum absolute atomic E-state index is 13.1. The summed E-state index contributed by atoms with van der Waals surface area (Å²) in [5, 5.41) is 4.08. The van der Waals surface area contributed by atoms with Gasteiger partial charge in [0, 0.05) is 31.6 Å². The Bertz CT molecular complexity index is 683. The molecule has 2 saturated heterocycles. The van der Waals surface area contributed by atoms with Crippen LogP contribution in [0.1, 0.15) is 53.9 Å². The monoisotopic (exact) mass is 377 g/mol. The lowest BCUT2D eigenvalue weighted by molar-refractivity contribution is 0.0128. The third kappa shape index (κ3) is 3.95. The Morgan fingerprint density at radius 1 is 1.07 bits per heavy atom. The van der Waals surface area contributed by atoms with E-state index in [4.69, 9.17) is 14.0 Å². The van der Waals surface area contributed by atoms with E-state index in [1.54, 1.807) is 4.90 Å². The van der Waals surface area contributed by atoms with Crippen LogP contribution < -0.4 is 0 Å². The zero-order chi connectivity index (χ0) is 18.6. The van der Waals surface area contributed by atoms with E-state index in [-0.39, 0.29) is 24.6 Å². The first kappa shape index (κ1) is 18.3. The molecule has 0 saturated carbocycles. The highest BCUT2D eigenvalue weighted by Gasteiger charge is 2.33. The molecule has 27 heavy (non-hydrogen) atoms. The van der Waals surface area contributed by atoms with Crippen molar-refractivity contribution in [3.05, 3.63) is 17.0 Å². The molecule has 0 radical (unpaired) electrons. The highest BCUT2D eigenvalue weighted by atomic mass is 16.6. The lowest BCUT2D eigenvalue weighted by Gasteiger charge is -2.35. The number of carbonyl (C=O) groups excluding carboxylic acids is 2. The highest BCUT2D eigenvalue weighted by molar-refractivity contribution is 5.94. The van der Waals surface area contributed by atoms with Crippen molar-refractivity contribution in [3.63, 3.8) is 0 Å². The van der Waals surface area contributed by atoms with Crippen LogP contribution in [0.5, 0.6) is 0 Å². The SMILES string of the molecule is O=C(OCC1CCCCN1C(=O)c1noc2c1CCCC2)N1CCOCC1. The normalized spacial score (nSPS) is 23.0. The summed E-state index contributed by atoms with van der Waals surface area (Å²) in [7, 11) is 0. The molecule has 3 aliphatic rings. The van der Waals surface area contributed by atoms with Gasteiger partial charge in [-0.2, -0.15) is 0 Å². The predicted octanol–water partition coefficient (Wildman–Crippen LogP) is 2.02. The maximum atomic E-state index is 13.1. The topological polar surface area (TPSA) is 85.1 Å². The second-order valence-electron chi connectivity index (χ2n) is 7.46. The van der Waals surface area contributed by atoms with Gasteiger partial charge in [0.2, 0.25) is 0 Å². The van der Waals surface area contributed by atoms with Crippen LogP contribution in [-0.4, -0.2) is 72.5 Å². The number of piperidine rings is 1. The number of ether oxygens (including phenoxy) is 2. The molecule has 1 unspecified atom stereocenters. The zero-order valence-electron chi connectivity index (χ0n) is 15.7. The van der Waals surface area contributed by atoms with Crippen molar-refractivity contribution in [3.8, 4) is 0 Å². The van der Waals surface area contributed by atoms with Gasteiger partial charge in [0.25, 0.3) is 5.91 Å². The second-order valence-corrected chi connectivity index (χ2v) is 7.46. The summed E-state index contributed by atoms with van der Waals surface area (Å²) >= 11 is 0. The molecule has 0 bridgehead atoms. The molecule has 1 aliphatic carbocycles. The third-order valence-corrected chi connectivity index (χ3v) is 5.71. The van der Waals surface area contributed by atoms with Gasteiger partial charge < -0.3 is 23.8 Å². The summed E-state index contributed by atoms with van der Waals surface area (Å²) in [4.78, 5) is 28.9. The number of nitrogens with zero attached hydrogens (tertiary/aromatic N) is 3. The van der Waals surface area contributed by atoms with Crippen molar-refractivity contribution >= 4 is 12.0 Å². The van der Waals surface area contributed by atoms with E-state index < -0.39 is 0 Å². The van der Waals surface area contributed by atoms with Gasteiger partial charge in [0.05, 0.1) is 19.3 Å². The number of aryl methyl sites for hydroxylation is 1. The van der Waals surface area contributed by atoms with Crippen LogP contribution in [0.3, 0.4) is 0 Å². The lowest BCUT2D eigenvalue weighted by atomic mass is 9.95. The fraction of sp³-hybridized carbons (Fsp3) is 0.737. The van der Waals surface area contributed by atoms with E-state index in [0.29, 0.717) is 38.5 Å². The molecule has 1 atom stereocenters. The molecule has 8 heteroatoms. The number of hydrogen-bond donors (Lipinski definition) is 0. The Morgan fingerprint density at radius 3 is 2.74 bits per heavy atom. The van der Waals surface area contributed by atoms with Crippen molar-refractivity contribution < 1.29 is 23.6 Å². The van der Waals surface area contributed by atoms with Gasteiger partial charge in [-0.05, 0) is 38.5 Å². The average Bonchev–Trinajstić information content (AvgIpc) is 3.16. The summed E-state index contributed by atoms with van der Waals surface area (Å²) in [5.74, 6) is 0.769. The van der Waals surface area contributed by atoms with Crippen LogP contribution in [0.2, 0.25) is 0 Å². The molecule has 0 N–H and O–H groups in total. The largest absolute Gasteiger partial charge is 0.447 e. The van der Waals surface area contributed by atoms with Crippen LogP contribution in [0.25, 0.3) is 0 Å². The third-order valence-electron chi connectivity index (χ3n) is 5.71. The number of aromatic nitrogens is 1. The first-order chi connectivity index (χ1) is 13.2. The van der Waals surface area contributed by atoms with E-state index in [1.807, 2.05) is 4.90 Å². The van der Waals surface area contributed by atoms with E-state index in [0.717, 1.165) is 56.3 Å². The molecular weight excluding hydrogens is 350 g/mol. The number of carbonyl (C=O) groups is 2. The number of rotatable bonds is 3. The molecule has 148 valence electrons. The molecule has 0 spiro atoms. The zero-order valence-corrected chi connectivity index (χ0v) is 15.7. The van der Waals surface area contributed by atoms with Gasteiger partial charge in [-0.1, -0.05) is 5.16 Å². The van der Waals surface area contributed by atoms with Crippen molar-refractivity contribution in [1.82, 2.24) is 15.0 Å². The predicted molar refractivity (Wildman–Crippen MR) is 95.6 cm³/mol. The molecule has 0 aromatic carbocycles. The Hall–Kier alpha value is -2.09. The number of amides is 2. The van der Waals surface area contributed by atoms with Crippen LogP contribution in [0, 0.1) is 0 Å². The summed E-state index contributed by atoms with van der Waals surface area (Å²) in [5.41, 5.74) is 1.43. The number of fused-ring (bicyclic) bond motifs is 1. The Balaban J connectivity index is 1.40. The van der Waals surface area contributed by atoms with E-state index in [9.17, 15) is 9.59 Å². The molecule has 1 aromatic heterocycles. The van der Waals surface area contributed by atoms with Crippen molar-refractivity contribution in [2.24, 2.45) is 0 Å². The van der Waals surface area contributed by atoms with Gasteiger partial charge in [-0.3, -0.25) is 4.79 Å². The Morgan fingerprint density at radius 2 is 1.89 bits per heavy atom. The van der Waals surface area contributed by atoms with Gasteiger partial charge in [0.1, 0.15) is 12.4 Å². The lowest BCUT2D eigenvalue weighted by Crippen LogP contribution is -2.48. The number of likely N-dealkylation sites (tertiary alicyclic amines) is 1. The average molecular weight is 377 g/mol. The molecule has 4 rings (SSSR count). The van der Waals surface area contributed by atoms with Crippen LogP contribution in [0.15, 0.2) is 4.52 Å². The molecule has 8 nitrogen and oxygen atoms in total. The summed E-state index contributed by atoms with van der Waals surface area (Å²) < 4.78 is 16.2. The molecule has 2 amide bonds. The smallest absolute Gasteiger partial charge is 0.409 e. The van der Waals surface area contributed by atoms with Gasteiger partial charge in [0.15, 0.2) is 5.69 Å². The summed E-state index contributed by atoms with van der Waals surface area (Å²) in [6.45, 7) is 3.08. The van der Waals surface area contributed by atoms with Crippen LogP contribution >= 0.6 is 0 Å². The molecular formula is C19H27N3O5. The molecule has 3 heterocycles. The standard InChI is InChI=1S/C19H27N3O5/c23-18(17-15-6-1-2-7-16(15)27-20-17)22-8-4-3-5-14(22)13-26-19(24)21-9-11-25-12-10-21/h14H,1-13H2. The van der Waals surface area contributed by atoms with Gasteiger partial charge in [-0.15, -0.1) is 0 Å². The van der Waals surface area contributed by atoms with Crippen molar-refractivity contribution in [2.75, 3.05) is 39.5 Å². The van der Waals surface area contributed by atoms with Crippen LogP contribution in [0.4, 0.5) is 4.79 Å². The minimum absolute atomic E-state index is 0.0889. The molecule has 1 aromatic rings. The van der Waals surface area contributed by atoms with E-state index in [1.165, 1.54) is 0 Å². The van der Waals surface area contributed by atoms with Crippen molar-refractivity contribution in [1.29, 1.82) is 0 Å². The van der Waals surface area contributed by atoms with Crippen molar-refractivity contribution in [2.45, 2.75) is 51.0 Å². The van der Waals surface area contributed by atoms with E-state index in [2.05, 4.69) is 5.16 Å². The highest BCUT2D eigenvalue weighted by Crippen LogP contribution is 2.27. The Kier molecular flexibility index (Phi) is 5.61. The minimum Gasteiger partial charge on any atom is -0.447 e. The van der Waals surface area contributed by atoms with Gasteiger partial charge in [-0.25, -0.2) is 4.79 Å². The second kappa shape index (κ2) is 8.29. The maximum Gasteiger partial charge on any atom is 0.409 e. The number of hydrogen-bond acceptors (Lipinski definition) is 6. The summed E-state index contributed by atoms with van der Waals surface area (Å²) in [6, 6.07) is -0.104.